The molecule has 10 heteroatoms. The molecule has 3 aromatic carbocycles. The minimum absolute atomic E-state index is 0.229. The lowest BCUT2D eigenvalue weighted by Gasteiger charge is -2.37. The monoisotopic (exact) mass is 599 g/mol. The maximum atomic E-state index is 13.3. The molecule has 3 aromatic rings. The Bertz CT molecular complexity index is 1550. The van der Waals surface area contributed by atoms with Crippen molar-refractivity contribution in [1.29, 1.82) is 0 Å². The summed E-state index contributed by atoms with van der Waals surface area (Å²) in [5.74, 6) is -0.574. The number of carbonyl (C=O) groups excluding carboxylic acids is 4. The van der Waals surface area contributed by atoms with E-state index in [0.29, 0.717) is 57.2 Å². The highest BCUT2D eigenvalue weighted by Crippen LogP contribution is 2.57. The van der Waals surface area contributed by atoms with Crippen LogP contribution in [-0.2, 0) is 24.7 Å². The largest absolute Gasteiger partial charge is 0.456 e. The average molecular weight is 600 g/mol. The summed E-state index contributed by atoms with van der Waals surface area (Å²) in [5.41, 5.74) is 1.89. The topological polar surface area (TPSA) is 132 Å². The first kappa shape index (κ1) is 30.7. The summed E-state index contributed by atoms with van der Waals surface area (Å²) in [6.07, 6.45) is 4.06. The van der Waals surface area contributed by atoms with Crippen molar-refractivity contribution in [3.63, 3.8) is 0 Å². The standard InChI is InChI=1S/C34H37N3O7/c1-20(2)42-16-8-6-5-7-15-35-32(40)23-9-12-26-29(17-23)34(44-33(26)41)27-13-10-24(36-21(3)38)18-30(27)43-31-19-25(37-22(4)39)11-14-28(31)34/h9-14,17-20H,5-8,15-16H2,1-4H3,(H,35,40)(H,36,38)(H,37,39). The second-order valence-corrected chi connectivity index (χ2v) is 11.3. The summed E-state index contributed by atoms with van der Waals surface area (Å²) >= 11 is 0. The number of rotatable bonds is 11. The number of amides is 3. The molecule has 2 aliphatic heterocycles. The van der Waals surface area contributed by atoms with Gasteiger partial charge in [0.2, 0.25) is 11.8 Å². The Morgan fingerprint density at radius 3 is 2.00 bits per heavy atom. The second kappa shape index (κ2) is 12.9. The van der Waals surface area contributed by atoms with Crippen LogP contribution in [0.3, 0.4) is 0 Å². The molecule has 0 atom stereocenters. The summed E-state index contributed by atoms with van der Waals surface area (Å²) in [5, 5.41) is 8.48. The fourth-order valence-corrected chi connectivity index (χ4v) is 5.63. The van der Waals surface area contributed by atoms with Crippen molar-refractivity contribution in [2.24, 2.45) is 0 Å². The van der Waals surface area contributed by atoms with Crippen molar-refractivity contribution in [1.82, 2.24) is 5.32 Å². The Morgan fingerprint density at radius 2 is 1.41 bits per heavy atom. The van der Waals surface area contributed by atoms with Gasteiger partial charge in [-0.25, -0.2) is 4.79 Å². The fourth-order valence-electron chi connectivity index (χ4n) is 5.63. The zero-order chi connectivity index (χ0) is 31.4. The first-order valence-electron chi connectivity index (χ1n) is 14.9. The Balaban J connectivity index is 1.46. The minimum Gasteiger partial charge on any atom is -0.456 e. The number of hydrogen-bond donors (Lipinski definition) is 3. The summed E-state index contributed by atoms with van der Waals surface area (Å²) in [7, 11) is 0. The van der Waals surface area contributed by atoms with Gasteiger partial charge in [-0.3, -0.25) is 14.4 Å². The minimum atomic E-state index is -1.42. The molecule has 3 N–H and O–H groups in total. The number of fused-ring (bicyclic) bond motifs is 6. The number of nitrogens with one attached hydrogen (secondary N) is 3. The predicted molar refractivity (Wildman–Crippen MR) is 165 cm³/mol. The third-order valence-corrected chi connectivity index (χ3v) is 7.52. The quantitative estimate of drug-likeness (QED) is 0.185. The third-order valence-electron chi connectivity index (χ3n) is 7.52. The van der Waals surface area contributed by atoms with Gasteiger partial charge in [-0.05, 0) is 69.2 Å². The van der Waals surface area contributed by atoms with Crippen LogP contribution in [0.15, 0.2) is 54.6 Å². The molecule has 2 aliphatic rings. The summed E-state index contributed by atoms with van der Waals surface area (Å²) in [6, 6.07) is 15.1. The highest BCUT2D eigenvalue weighted by atomic mass is 16.6. The van der Waals surface area contributed by atoms with E-state index in [-0.39, 0.29) is 23.8 Å². The molecule has 44 heavy (non-hydrogen) atoms. The molecule has 0 aliphatic carbocycles. The van der Waals surface area contributed by atoms with E-state index >= 15 is 0 Å². The van der Waals surface area contributed by atoms with E-state index in [4.69, 9.17) is 14.2 Å². The lowest BCUT2D eigenvalue weighted by atomic mass is 9.77. The van der Waals surface area contributed by atoms with Crippen LogP contribution < -0.4 is 20.7 Å². The molecule has 3 amide bonds. The molecule has 0 bridgehead atoms. The molecule has 0 unspecified atom stereocenters. The maximum Gasteiger partial charge on any atom is 0.340 e. The van der Waals surface area contributed by atoms with Gasteiger partial charge in [-0.15, -0.1) is 0 Å². The van der Waals surface area contributed by atoms with Crippen LogP contribution in [0.5, 0.6) is 11.5 Å². The smallest absolute Gasteiger partial charge is 0.340 e. The molecule has 5 rings (SSSR count). The number of ether oxygens (including phenoxy) is 3. The zero-order valence-electron chi connectivity index (χ0n) is 25.4. The maximum absolute atomic E-state index is 13.3. The van der Waals surface area contributed by atoms with E-state index in [1.165, 1.54) is 13.8 Å². The lowest BCUT2D eigenvalue weighted by molar-refractivity contribution is -0.115. The van der Waals surface area contributed by atoms with Crippen LogP contribution >= 0.6 is 0 Å². The van der Waals surface area contributed by atoms with Gasteiger partial charge in [0.05, 0.1) is 11.7 Å². The Hall–Kier alpha value is -4.70. The van der Waals surface area contributed by atoms with Crippen molar-refractivity contribution in [2.45, 2.75) is 65.1 Å². The number of esters is 1. The molecular weight excluding hydrogens is 562 g/mol. The molecular formula is C34H37N3O7. The van der Waals surface area contributed by atoms with Gasteiger partial charge in [0.25, 0.3) is 5.91 Å². The average Bonchev–Trinajstić information content (AvgIpc) is 3.25. The molecule has 0 saturated carbocycles. The molecule has 1 spiro atoms. The highest BCUT2D eigenvalue weighted by Gasteiger charge is 2.53. The van der Waals surface area contributed by atoms with Gasteiger partial charge in [-0.2, -0.15) is 0 Å². The van der Waals surface area contributed by atoms with E-state index < -0.39 is 11.6 Å². The highest BCUT2D eigenvalue weighted by molar-refractivity contribution is 6.01. The van der Waals surface area contributed by atoms with E-state index in [2.05, 4.69) is 16.0 Å². The van der Waals surface area contributed by atoms with Crippen LogP contribution in [0.25, 0.3) is 0 Å². The predicted octanol–water partition coefficient (Wildman–Crippen LogP) is 5.89. The number of benzene rings is 3. The number of unbranched alkanes of at least 4 members (excludes halogenated alkanes) is 3. The zero-order valence-corrected chi connectivity index (χ0v) is 25.4. The first-order chi connectivity index (χ1) is 21.1. The molecule has 10 nitrogen and oxygen atoms in total. The van der Waals surface area contributed by atoms with Gasteiger partial charge in [0.1, 0.15) is 11.5 Å². The third kappa shape index (κ3) is 6.30. The number of carbonyl (C=O) groups is 4. The van der Waals surface area contributed by atoms with Gasteiger partial charge in [0.15, 0.2) is 5.60 Å². The number of hydrogen-bond acceptors (Lipinski definition) is 7. The van der Waals surface area contributed by atoms with E-state index in [9.17, 15) is 19.2 Å². The molecule has 0 fully saturated rings. The van der Waals surface area contributed by atoms with Crippen molar-refractivity contribution in [3.8, 4) is 11.5 Å². The van der Waals surface area contributed by atoms with E-state index in [0.717, 1.165) is 32.3 Å². The lowest BCUT2D eigenvalue weighted by Crippen LogP contribution is -2.33. The van der Waals surface area contributed by atoms with Crippen molar-refractivity contribution in [3.05, 3.63) is 82.4 Å². The van der Waals surface area contributed by atoms with E-state index in [1.54, 1.807) is 54.6 Å². The van der Waals surface area contributed by atoms with Crippen molar-refractivity contribution < 1.29 is 33.4 Å². The van der Waals surface area contributed by atoms with Gasteiger partial charge >= 0.3 is 5.97 Å². The van der Waals surface area contributed by atoms with Gasteiger partial charge in [0, 0.05) is 72.8 Å². The normalized spacial score (nSPS) is 13.8. The van der Waals surface area contributed by atoms with E-state index in [1.807, 2.05) is 13.8 Å². The van der Waals surface area contributed by atoms with Crippen LogP contribution in [0, 0.1) is 0 Å². The number of anilines is 2. The van der Waals surface area contributed by atoms with Gasteiger partial charge < -0.3 is 30.2 Å². The summed E-state index contributed by atoms with van der Waals surface area (Å²) in [4.78, 5) is 50.1. The van der Waals surface area contributed by atoms with Crippen LogP contribution in [-0.4, -0.2) is 42.9 Å². The van der Waals surface area contributed by atoms with Gasteiger partial charge in [-0.1, -0.05) is 12.8 Å². The fraction of sp³-hybridized carbons (Fsp3) is 0.353. The van der Waals surface area contributed by atoms with Crippen LogP contribution in [0.4, 0.5) is 11.4 Å². The van der Waals surface area contributed by atoms with Crippen molar-refractivity contribution in [2.75, 3.05) is 23.8 Å². The molecule has 0 saturated heterocycles. The second-order valence-electron chi connectivity index (χ2n) is 11.3. The summed E-state index contributed by atoms with van der Waals surface area (Å²) in [6.45, 7) is 8.11. The Morgan fingerprint density at radius 1 is 0.795 bits per heavy atom. The molecule has 2 heterocycles. The van der Waals surface area contributed by atoms with Crippen LogP contribution in [0.2, 0.25) is 0 Å². The van der Waals surface area contributed by atoms with Crippen molar-refractivity contribution >= 4 is 35.1 Å². The molecule has 0 aromatic heterocycles. The molecule has 230 valence electrons. The Labute approximate surface area is 256 Å². The molecule has 0 radical (unpaired) electrons. The summed E-state index contributed by atoms with van der Waals surface area (Å²) < 4.78 is 18.1. The first-order valence-corrected chi connectivity index (χ1v) is 14.9. The SMILES string of the molecule is CC(=O)Nc1ccc2c(c1)Oc1cc(NC(C)=O)ccc1C21OC(=O)c2ccc(C(=O)NCCCCCCOC(C)C)cc21. The Kier molecular flexibility index (Phi) is 9.01. The van der Waals surface area contributed by atoms with Crippen LogP contribution in [0.1, 0.15) is 90.8 Å².